The fourth-order valence-electron chi connectivity index (χ4n) is 16.2. The maximum atomic E-state index is 14.4. The Morgan fingerprint density at radius 2 is 0.756 bits per heavy atom. The first-order chi connectivity index (χ1) is 61.9. The van der Waals surface area contributed by atoms with Gasteiger partial charge in [-0.1, -0.05) is 394 Å². The maximum Gasteiger partial charge on any atom is 0.404 e. The first-order valence-electron chi connectivity index (χ1n) is 43.4. The summed E-state index contributed by atoms with van der Waals surface area (Å²) in [5.74, 6) is -0.630. The summed E-state index contributed by atoms with van der Waals surface area (Å²) in [6.45, 7) is 12.6. The van der Waals surface area contributed by atoms with Gasteiger partial charge in [0.25, 0.3) is 5.91 Å². The number of benzene rings is 14. The zero-order valence-electron chi connectivity index (χ0n) is 71.9. The van der Waals surface area contributed by atoms with Crippen molar-refractivity contribution in [3.63, 3.8) is 0 Å². The van der Waals surface area contributed by atoms with Crippen molar-refractivity contribution in [3.05, 3.63) is 441 Å². The molecule has 4 N–H and O–H groups in total. The fourth-order valence-corrected chi connectivity index (χ4v) is 25.5. The predicted octanol–water partition coefficient (Wildman–Crippen LogP) is 19.2. The molecular formula is C110H109FN6O5P4Pd. The van der Waals surface area contributed by atoms with Crippen molar-refractivity contribution in [1.29, 1.82) is 0 Å². The van der Waals surface area contributed by atoms with E-state index in [0.29, 0.717) is 62.8 Å². The minimum Gasteiger partial charge on any atom is -0.465 e. The summed E-state index contributed by atoms with van der Waals surface area (Å²) < 4.78 is 26.3. The molecule has 3 aliphatic rings. The molecule has 3 atom stereocenters. The van der Waals surface area contributed by atoms with Gasteiger partial charge in [0.2, 0.25) is 5.88 Å². The number of carboxylic acid groups (broad SMARTS) is 1. The second-order valence-corrected chi connectivity index (χ2v) is 40.4. The van der Waals surface area contributed by atoms with Gasteiger partial charge in [-0.3, -0.25) is 14.6 Å². The largest absolute Gasteiger partial charge is 0.465 e. The SMILES string of the molecule is C[C@@H]1CN(Cc2ccc(-c3cccc(Oc4ncc(F)cc4C(=O)NC4CCC(NC(=O)O)CC4)c3)c(CN3CCOC[C@@H]3C)c2)C[C@H](C)N1.[Pd].c1ccc(P(c2ccccc2)c2ccccc2)cc1.c1ccc(P(c2ccccc2)c2ccccc2)cc1.c1ccc(P(c2ccccc2)c2ccccc2)cc1.c1ccc(P(c2ccccc2)c2ccccc2)cc1. The number of carbonyl (C=O) groups is 2. The normalized spacial score (nSPS) is 16.1. The third-order valence-corrected chi connectivity index (χ3v) is 31.8. The number of carbonyl (C=O) groups excluding carboxylic acids is 1. The van der Waals surface area contributed by atoms with E-state index in [1.165, 1.54) is 74.8 Å². The summed E-state index contributed by atoms with van der Waals surface area (Å²) in [4.78, 5) is 33.5. The molecule has 14 aromatic carbocycles. The van der Waals surface area contributed by atoms with E-state index < -0.39 is 49.5 Å². The molecule has 127 heavy (non-hydrogen) atoms. The summed E-state index contributed by atoms with van der Waals surface area (Å²) in [7, 11) is -1.78. The smallest absolute Gasteiger partial charge is 0.404 e. The van der Waals surface area contributed by atoms with Gasteiger partial charge in [0, 0.05) is 83.4 Å². The van der Waals surface area contributed by atoms with Crippen LogP contribution < -0.4 is 84.3 Å². The number of amides is 2. The summed E-state index contributed by atoms with van der Waals surface area (Å²) >= 11 is 0. The van der Waals surface area contributed by atoms with Crippen LogP contribution in [-0.2, 0) is 38.2 Å². The van der Waals surface area contributed by atoms with E-state index in [2.05, 4.69) is 440 Å². The number of hydrogen-bond donors (Lipinski definition) is 4. The molecule has 3 heterocycles. The second kappa shape index (κ2) is 49.3. The van der Waals surface area contributed by atoms with Gasteiger partial charge in [-0.2, -0.15) is 0 Å². The van der Waals surface area contributed by atoms with E-state index in [1.807, 2.05) is 12.1 Å². The van der Waals surface area contributed by atoms with Crippen LogP contribution in [0.3, 0.4) is 0 Å². The first kappa shape index (κ1) is 93.6. The summed E-state index contributed by atoms with van der Waals surface area (Å²) in [6, 6.07) is 146. The van der Waals surface area contributed by atoms with Gasteiger partial charge in [0.05, 0.1) is 19.4 Å². The number of aromatic nitrogens is 1. The third kappa shape index (κ3) is 27.7. The fraction of sp³-hybridized carbons (Fsp3) is 0.173. The van der Waals surface area contributed by atoms with E-state index in [9.17, 15) is 14.0 Å². The average Bonchev–Trinajstić information content (AvgIpc) is 0.818. The number of hydrogen-bond acceptors (Lipinski definition) is 8. The second-order valence-electron chi connectivity index (χ2n) is 31.5. The van der Waals surface area contributed by atoms with E-state index in [-0.39, 0.29) is 43.9 Å². The molecule has 18 rings (SSSR count). The molecule has 2 aliphatic heterocycles. The molecule has 646 valence electrons. The number of pyridine rings is 1. The molecule has 2 amide bonds. The van der Waals surface area contributed by atoms with Crippen LogP contribution >= 0.6 is 31.7 Å². The number of ether oxygens (including phenoxy) is 2. The molecular weight excluding hydrogens is 1730 g/mol. The van der Waals surface area contributed by atoms with Crippen LogP contribution in [0.15, 0.2) is 419 Å². The van der Waals surface area contributed by atoms with Crippen molar-refractivity contribution >= 4 is 107 Å². The summed E-state index contributed by atoms with van der Waals surface area (Å²) in [5, 5.41) is 34.9. The Morgan fingerprint density at radius 3 is 1.08 bits per heavy atom. The molecule has 1 aromatic heterocycles. The van der Waals surface area contributed by atoms with Crippen molar-refractivity contribution in [2.45, 2.75) is 89.8 Å². The Labute approximate surface area is 768 Å². The number of piperazine rings is 1. The molecule has 0 unspecified atom stereocenters. The van der Waals surface area contributed by atoms with Crippen molar-refractivity contribution in [2.24, 2.45) is 0 Å². The van der Waals surface area contributed by atoms with Gasteiger partial charge >= 0.3 is 6.09 Å². The minimum absolute atomic E-state index is 0. The monoisotopic (exact) mass is 1840 g/mol. The zero-order valence-corrected chi connectivity index (χ0v) is 77.0. The van der Waals surface area contributed by atoms with Gasteiger partial charge < -0.3 is 30.5 Å². The Morgan fingerprint density at radius 1 is 0.425 bits per heavy atom. The summed E-state index contributed by atoms with van der Waals surface area (Å²) in [6.07, 6.45) is 2.42. The van der Waals surface area contributed by atoms with Crippen molar-refractivity contribution in [2.75, 3.05) is 32.8 Å². The number of halogens is 1. The minimum atomic E-state index is -1.05. The average molecular weight is 1840 g/mol. The standard InChI is InChI=1S/C38H49FN6O5.4C18H15P.Pd/c1-24-19-44(20-25(2)41-24)21-27-7-12-34(29(15-27)22-45-13-14-49-23-26(45)3)28-5-4-6-33(16-28)50-37-35(17-30(39)18-40-37)36(46)42-31-8-10-32(11-9-31)43-38(47)48;4*1-4-10-16(11-5-1)19(17-12-6-2-7-13-17)18-14-8-3-9-15-18;/h4-7,12,15-18,24-26,31-32,41,43H,8-11,13-14,19-23H2,1-3H3,(H,42,46)(H,47,48);4*1-15H;/t24-,25+,26-,31?,32?;;;;;/m0...../s1. The van der Waals surface area contributed by atoms with Gasteiger partial charge in [-0.05, 0) is 182 Å². The molecule has 3 fully saturated rings. The molecule has 2 saturated heterocycles. The van der Waals surface area contributed by atoms with Gasteiger partial charge in [-0.25, -0.2) is 14.2 Å². The van der Waals surface area contributed by atoms with Crippen LogP contribution in [0.25, 0.3) is 11.1 Å². The maximum absolute atomic E-state index is 14.4. The molecule has 1 saturated carbocycles. The van der Waals surface area contributed by atoms with Crippen LogP contribution in [-0.4, -0.2) is 94.9 Å². The zero-order chi connectivity index (χ0) is 86.9. The van der Waals surface area contributed by atoms with Crippen LogP contribution in [0, 0.1) is 5.82 Å². The Kier molecular flexibility index (Phi) is 36.3. The van der Waals surface area contributed by atoms with E-state index in [1.54, 1.807) is 6.07 Å². The molecule has 0 spiro atoms. The number of morpholine rings is 1. The van der Waals surface area contributed by atoms with Crippen LogP contribution in [0.5, 0.6) is 11.6 Å². The predicted molar refractivity (Wildman–Crippen MR) is 529 cm³/mol. The quantitative estimate of drug-likeness (QED) is 0.0387. The summed E-state index contributed by atoms with van der Waals surface area (Å²) in [5.41, 5.74) is 4.56. The number of nitrogens with zero attached hydrogens (tertiary/aromatic N) is 3. The molecule has 15 aromatic rings. The van der Waals surface area contributed by atoms with E-state index in [0.717, 1.165) is 56.1 Å². The molecule has 17 heteroatoms. The van der Waals surface area contributed by atoms with E-state index in [4.69, 9.17) is 14.6 Å². The Balaban J connectivity index is 0.000000148. The van der Waals surface area contributed by atoms with Gasteiger partial charge in [-0.15, -0.1) is 0 Å². The van der Waals surface area contributed by atoms with Crippen LogP contribution in [0.4, 0.5) is 9.18 Å². The van der Waals surface area contributed by atoms with Crippen molar-refractivity contribution in [3.8, 4) is 22.8 Å². The molecule has 11 nitrogen and oxygen atoms in total. The molecule has 0 bridgehead atoms. The van der Waals surface area contributed by atoms with Crippen molar-refractivity contribution in [1.82, 2.24) is 30.7 Å². The molecule has 0 radical (unpaired) electrons. The Bertz CT molecular complexity index is 4900. The van der Waals surface area contributed by atoms with Gasteiger partial charge in [0.15, 0.2) is 0 Å². The van der Waals surface area contributed by atoms with Crippen LogP contribution in [0.2, 0.25) is 0 Å². The number of rotatable bonds is 22. The molecule has 1 aliphatic carbocycles. The third-order valence-electron chi connectivity index (χ3n) is 22.1. The van der Waals surface area contributed by atoms with Crippen LogP contribution in [0.1, 0.15) is 67.9 Å². The Hall–Kier alpha value is -11.1. The topological polar surface area (TPSA) is 128 Å². The number of nitrogens with one attached hydrogen (secondary N) is 3. The van der Waals surface area contributed by atoms with E-state index >= 15 is 0 Å². The van der Waals surface area contributed by atoms with Gasteiger partial charge in [0.1, 0.15) is 17.1 Å². The van der Waals surface area contributed by atoms with Crippen molar-refractivity contribution < 1.29 is 49.0 Å². The first-order valence-corrected chi connectivity index (χ1v) is 48.7.